The second kappa shape index (κ2) is 8.03. The van der Waals surface area contributed by atoms with Gasteiger partial charge in [-0.15, -0.1) is 0 Å². The molecule has 0 unspecified atom stereocenters. The SMILES string of the molecule is CCCCN(C=C(C)C)P(C)(I)(OCC)OCC. The molecule has 0 aliphatic rings. The standard InChI is InChI=1S/C13H29INO2P/c1-7-10-11-15(12-13(4)5)18(6,14,16-8-2)17-9-3/h12H,7-11H2,1-6H3. The fraction of sp³-hybridized carbons (Fsp3) is 0.846. The van der Waals surface area contributed by atoms with Crippen LogP contribution < -0.4 is 0 Å². The first-order valence-corrected chi connectivity index (χ1v) is 12.0. The Hall–Kier alpha value is 0.620. The summed E-state index contributed by atoms with van der Waals surface area (Å²) in [6.07, 6.45) is 4.51. The van der Waals surface area contributed by atoms with E-state index in [0.29, 0.717) is 13.2 Å². The van der Waals surface area contributed by atoms with Gasteiger partial charge in [-0.3, -0.25) is 0 Å². The predicted molar refractivity (Wildman–Crippen MR) is 91.2 cm³/mol. The average Bonchev–Trinajstić information content (AvgIpc) is 2.23. The van der Waals surface area contributed by atoms with Gasteiger partial charge in [0.15, 0.2) is 0 Å². The van der Waals surface area contributed by atoms with Crippen LogP contribution in [0.15, 0.2) is 11.8 Å². The number of hydrogen-bond acceptors (Lipinski definition) is 3. The first kappa shape index (κ1) is 18.6. The van der Waals surface area contributed by atoms with E-state index in [1.54, 1.807) is 0 Å². The van der Waals surface area contributed by atoms with E-state index >= 15 is 0 Å². The van der Waals surface area contributed by atoms with E-state index in [0.717, 1.165) is 13.0 Å². The maximum absolute atomic E-state index is 6.09. The Kier molecular flexibility index (Phi) is 8.31. The second-order valence-corrected chi connectivity index (χ2v) is 14.7. The van der Waals surface area contributed by atoms with Crippen molar-refractivity contribution in [3.8, 4) is 0 Å². The van der Waals surface area contributed by atoms with Crippen LogP contribution in [0, 0.1) is 0 Å². The van der Waals surface area contributed by atoms with E-state index in [1.807, 2.05) is 13.8 Å². The molecule has 18 heavy (non-hydrogen) atoms. The molecule has 0 radical (unpaired) electrons. The van der Waals surface area contributed by atoms with E-state index in [1.165, 1.54) is 12.0 Å². The van der Waals surface area contributed by atoms with Crippen LogP contribution in [0.4, 0.5) is 0 Å². The Morgan fingerprint density at radius 1 is 1.17 bits per heavy atom. The molecule has 110 valence electrons. The molecule has 0 aromatic heterocycles. The van der Waals surface area contributed by atoms with Gasteiger partial charge < -0.3 is 0 Å². The predicted octanol–water partition coefficient (Wildman–Crippen LogP) is 5.36. The quantitative estimate of drug-likeness (QED) is 0.391. The molecule has 0 N–H and O–H groups in total. The number of hydrogen-bond donors (Lipinski definition) is 0. The molecule has 0 amide bonds. The van der Waals surface area contributed by atoms with E-state index in [4.69, 9.17) is 9.05 Å². The van der Waals surface area contributed by atoms with Gasteiger partial charge in [-0.25, -0.2) is 0 Å². The van der Waals surface area contributed by atoms with Gasteiger partial charge in [-0.2, -0.15) is 0 Å². The van der Waals surface area contributed by atoms with Crippen molar-refractivity contribution in [1.29, 1.82) is 0 Å². The summed E-state index contributed by atoms with van der Waals surface area (Å²) in [6.45, 7) is 15.0. The summed E-state index contributed by atoms with van der Waals surface area (Å²) in [6, 6.07) is 0. The molecule has 0 heterocycles. The summed E-state index contributed by atoms with van der Waals surface area (Å²) in [5.41, 5.74) is 1.28. The maximum atomic E-state index is 6.09. The first-order chi connectivity index (χ1) is 8.29. The van der Waals surface area contributed by atoms with Crippen LogP contribution in [0.25, 0.3) is 0 Å². The molecule has 0 atom stereocenters. The monoisotopic (exact) mass is 389 g/mol. The zero-order valence-corrected chi connectivity index (χ0v) is 15.8. The van der Waals surface area contributed by atoms with Crippen molar-refractivity contribution >= 4 is 26.9 Å². The third kappa shape index (κ3) is 5.72. The van der Waals surface area contributed by atoms with Crippen molar-refractivity contribution in [2.45, 2.75) is 47.5 Å². The van der Waals surface area contributed by atoms with Crippen LogP contribution in [-0.4, -0.2) is 31.1 Å². The Morgan fingerprint density at radius 3 is 2.00 bits per heavy atom. The zero-order valence-electron chi connectivity index (χ0n) is 12.7. The second-order valence-electron chi connectivity index (χ2n) is 4.74. The molecule has 0 rings (SSSR count). The summed E-state index contributed by atoms with van der Waals surface area (Å²) in [4.78, 5) is -2.73. The summed E-state index contributed by atoms with van der Waals surface area (Å²) < 4.78 is 14.5. The number of rotatable bonds is 9. The van der Waals surface area contributed by atoms with Gasteiger partial charge in [0.05, 0.1) is 0 Å². The number of unbranched alkanes of at least 4 members (excludes halogenated alkanes) is 1. The molecule has 0 fully saturated rings. The molecule has 0 spiro atoms. The van der Waals surface area contributed by atoms with Gasteiger partial charge in [0.25, 0.3) is 0 Å². The van der Waals surface area contributed by atoms with Crippen LogP contribution in [-0.2, 0) is 9.05 Å². The summed E-state index contributed by atoms with van der Waals surface area (Å²) >= 11 is 2.41. The molecule has 0 saturated carbocycles. The number of allylic oxidation sites excluding steroid dienone is 1. The van der Waals surface area contributed by atoms with Crippen molar-refractivity contribution in [3.63, 3.8) is 0 Å². The molecule has 0 saturated heterocycles. The van der Waals surface area contributed by atoms with Gasteiger partial charge in [0.2, 0.25) is 0 Å². The van der Waals surface area contributed by atoms with E-state index in [9.17, 15) is 0 Å². The fourth-order valence-corrected chi connectivity index (χ4v) is 7.07. The van der Waals surface area contributed by atoms with Crippen LogP contribution in [0.3, 0.4) is 0 Å². The van der Waals surface area contributed by atoms with Crippen molar-refractivity contribution in [2.24, 2.45) is 0 Å². The summed E-state index contributed by atoms with van der Waals surface area (Å²) in [7, 11) is 0. The van der Waals surface area contributed by atoms with Crippen molar-refractivity contribution in [1.82, 2.24) is 4.67 Å². The number of halogens is 1. The Bertz CT molecular complexity index is 268. The molecule has 3 nitrogen and oxygen atoms in total. The van der Waals surface area contributed by atoms with Crippen LogP contribution in [0.5, 0.6) is 0 Å². The van der Waals surface area contributed by atoms with Crippen molar-refractivity contribution in [3.05, 3.63) is 11.8 Å². The zero-order chi connectivity index (χ0) is 14.3. The third-order valence-electron chi connectivity index (χ3n) is 2.55. The molecular weight excluding hydrogens is 360 g/mol. The van der Waals surface area contributed by atoms with E-state index < -0.39 is 4.85 Å². The Morgan fingerprint density at radius 2 is 1.67 bits per heavy atom. The van der Waals surface area contributed by atoms with Crippen molar-refractivity contribution < 1.29 is 9.05 Å². The minimum atomic E-state index is -2.73. The third-order valence-corrected chi connectivity index (χ3v) is 8.99. The van der Waals surface area contributed by atoms with Gasteiger partial charge in [-0.05, 0) is 0 Å². The summed E-state index contributed by atoms with van der Waals surface area (Å²) in [5, 5.41) is 0. The van der Waals surface area contributed by atoms with E-state index in [-0.39, 0.29) is 0 Å². The minimum absolute atomic E-state index is 0.677. The first-order valence-electron chi connectivity index (χ1n) is 6.74. The molecule has 0 bridgehead atoms. The van der Waals surface area contributed by atoms with Gasteiger partial charge in [0, 0.05) is 0 Å². The molecule has 0 aromatic carbocycles. The topological polar surface area (TPSA) is 21.7 Å². The van der Waals surface area contributed by atoms with Crippen LogP contribution in [0.1, 0.15) is 47.5 Å². The number of nitrogens with zero attached hydrogens (tertiary/aromatic N) is 1. The Labute approximate surface area is 126 Å². The molecule has 0 aromatic rings. The fourth-order valence-electron chi connectivity index (χ4n) is 1.79. The average molecular weight is 389 g/mol. The van der Waals surface area contributed by atoms with Gasteiger partial charge >= 0.3 is 126 Å². The Balaban J connectivity index is 5.25. The molecule has 0 aliphatic heterocycles. The van der Waals surface area contributed by atoms with Gasteiger partial charge in [0.1, 0.15) is 0 Å². The molecule has 0 aliphatic carbocycles. The van der Waals surface area contributed by atoms with Crippen molar-refractivity contribution in [2.75, 3.05) is 26.4 Å². The van der Waals surface area contributed by atoms with Crippen LogP contribution in [0.2, 0.25) is 0 Å². The van der Waals surface area contributed by atoms with E-state index in [2.05, 4.69) is 60.3 Å². The normalized spacial score (nSPS) is 13.8. The van der Waals surface area contributed by atoms with Gasteiger partial charge in [-0.1, -0.05) is 0 Å². The molecular formula is C13H29INO2P. The summed E-state index contributed by atoms with van der Waals surface area (Å²) in [5.74, 6) is 0. The van der Waals surface area contributed by atoms with Crippen LogP contribution >= 0.6 is 26.9 Å². The molecule has 5 heteroatoms.